The van der Waals surface area contributed by atoms with E-state index < -0.39 is 0 Å². The molecule has 0 aliphatic rings. The van der Waals surface area contributed by atoms with E-state index in [2.05, 4.69) is 15.6 Å². The van der Waals surface area contributed by atoms with E-state index in [-0.39, 0.29) is 5.91 Å². The molecule has 20 heavy (non-hydrogen) atoms. The van der Waals surface area contributed by atoms with E-state index in [0.29, 0.717) is 30.2 Å². The molecule has 2 rings (SSSR count). The molecule has 0 atom stereocenters. The number of carbonyl (C=O) groups excluding carboxylic acids is 1. The maximum absolute atomic E-state index is 11.8. The van der Waals surface area contributed by atoms with Gasteiger partial charge in [-0.25, -0.2) is 4.98 Å². The number of nitrogen functional groups attached to an aromatic ring is 1. The van der Waals surface area contributed by atoms with Gasteiger partial charge in [0, 0.05) is 24.8 Å². The van der Waals surface area contributed by atoms with Crippen LogP contribution in [0.5, 0.6) is 0 Å². The van der Waals surface area contributed by atoms with Crippen molar-refractivity contribution in [2.45, 2.75) is 6.42 Å². The van der Waals surface area contributed by atoms with Crippen LogP contribution in [0.4, 0.5) is 11.5 Å². The summed E-state index contributed by atoms with van der Waals surface area (Å²) in [7, 11) is 0. The number of aromatic nitrogens is 1. The summed E-state index contributed by atoms with van der Waals surface area (Å²) < 4.78 is 0. The zero-order chi connectivity index (χ0) is 14.2. The minimum atomic E-state index is -0.0528. The van der Waals surface area contributed by atoms with Crippen molar-refractivity contribution in [1.29, 1.82) is 0 Å². The van der Waals surface area contributed by atoms with Gasteiger partial charge in [-0.1, -0.05) is 18.2 Å². The van der Waals surface area contributed by atoms with Crippen molar-refractivity contribution in [3.8, 4) is 0 Å². The van der Waals surface area contributed by atoms with Crippen LogP contribution in [0, 0.1) is 0 Å². The standard InChI is InChI=1S/C15H18N4O/c16-13-8-4-9-17-14(13)18-10-5-11-19-15(20)12-6-2-1-3-7-12/h1-4,6-9H,5,10-11,16H2,(H,17,18)(H,19,20). The summed E-state index contributed by atoms with van der Waals surface area (Å²) in [5.74, 6) is 0.629. The number of carbonyl (C=O) groups is 1. The summed E-state index contributed by atoms with van der Waals surface area (Å²) >= 11 is 0. The lowest BCUT2D eigenvalue weighted by Gasteiger charge is -2.08. The molecule has 1 amide bonds. The van der Waals surface area contributed by atoms with E-state index in [1.54, 1.807) is 30.5 Å². The molecule has 2 aromatic rings. The third-order valence-corrected chi connectivity index (χ3v) is 2.81. The molecular weight excluding hydrogens is 252 g/mol. The Kier molecular flexibility index (Phi) is 4.94. The fourth-order valence-corrected chi connectivity index (χ4v) is 1.75. The zero-order valence-corrected chi connectivity index (χ0v) is 11.2. The SMILES string of the molecule is Nc1cccnc1NCCCNC(=O)c1ccccc1. The fourth-order valence-electron chi connectivity index (χ4n) is 1.75. The van der Waals surface area contributed by atoms with Crippen LogP contribution < -0.4 is 16.4 Å². The van der Waals surface area contributed by atoms with Crippen LogP contribution in [-0.2, 0) is 0 Å². The molecular formula is C15H18N4O. The van der Waals surface area contributed by atoms with Gasteiger partial charge < -0.3 is 16.4 Å². The van der Waals surface area contributed by atoms with Crippen LogP contribution in [0.25, 0.3) is 0 Å². The number of pyridine rings is 1. The molecule has 4 N–H and O–H groups in total. The predicted octanol–water partition coefficient (Wildman–Crippen LogP) is 1.90. The van der Waals surface area contributed by atoms with E-state index in [1.165, 1.54) is 0 Å². The van der Waals surface area contributed by atoms with Crippen molar-refractivity contribution in [3.05, 3.63) is 54.2 Å². The molecule has 1 aromatic carbocycles. The third-order valence-electron chi connectivity index (χ3n) is 2.81. The van der Waals surface area contributed by atoms with E-state index in [0.717, 1.165) is 6.42 Å². The Labute approximate surface area is 118 Å². The molecule has 0 aliphatic heterocycles. The quantitative estimate of drug-likeness (QED) is 0.700. The third kappa shape index (κ3) is 3.98. The highest BCUT2D eigenvalue weighted by atomic mass is 16.1. The first-order valence-electron chi connectivity index (χ1n) is 6.55. The van der Waals surface area contributed by atoms with Crippen molar-refractivity contribution in [1.82, 2.24) is 10.3 Å². The summed E-state index contributed by atoms with van der Waals surface area (Å²) in [4.78, 5) is 15.9. The van der Waals surface area contributed by atoms with E-state index in [1.807, 2.05) is 18.2 Å². The average molecular weight is 270 g/mol. The van der Waals surface area contributed by atoms with Crippen molar-refractivity contribution >= 4 is 17.4 Å². The number of rotatable bonds is 6. The van der Waals surface area contributed by atoms with Crippen molar-refractivity contribution in [2.24, 2.45) is 0 Å². The molecule has 1 aromatic heterocycles. The molecule has 0 unspecified atom stereocenters. The molecule has 0 saturated heterocycles. The summed E-state index contributed by atoms with van der Waals surface area (Å²) in [6.45, 7) is 1.31. The summed E-state index contributed by atoms with van der Waals surface area (Å²) in [5.41, 5.74) is 7.07. The van der Waals surface area contributed by atoms with Gasteiger partial charge in [0.05, 0.1) is 5.69 Å². The number of nitrogens with one attached hydrogen (secondary N) is 2. The normalized spacial score (nSPS) is 10.0. The van der Waals surface area contributed by atoms with Crippen LogP contribution in [0.2, 0.25) is 0 Å². The van der Waals surface area contributed by atoms with Crippen molar-refractivity contribution in [3.63, 3.8) is 0 Å². The Morgan fingerprint density at radius 3 is 2.65 bits per heavy atom. The maximum atomic E-state index is 11.8. The highest BCUT2D eigenvalue weighted by molar-refractivity contribution is 5.94. The second-order valence-corrected chi connectivity index (χ2v) is 4.34. The maximum Gasteiger partial charge on any atom is 0.251 e. The molecule has 0 radical (unpaired) electrons. The van der Waals surface area contributed by atoms with Gasteiger partial charge in [-0.05, 0) is 30.7 Å². The first-order valence-corrected chi connectivity index (χ1v) is 6.55. The van der Waals surface area contributed by atoms with Gasteiger partial charge in [0.2, 0.25) is 0 Å². The molecule has 5 heteroatoms. The van der Waals surface area contributed by atoms with E-state index in [4.69, 9.17) is 5.73 Å². The number of hydrogen-bond acceptors (Lipinski definition) is 4. The number of anilines is 2. The predicted molar refractivity (Wildman–Crippen MR) is 80.5 cm³/mol. The van der Waals surface area contributed by atoms with Gasteiger partial charge in [-0.2, -0.15) is 0 Å². The van der Waals surface area contributed by atoms with Crippen LogP contribution >= 0.6 is 0 Å². The lowest BCUT2D eigenvalue weighted by molar-refractivity contribution is 0.0953. The fraction of sp³-hybridized carbons (Fsp3) is 0.200. The first kappa shape index (κ1) is 13.9. The van der Waals surface area contributed by atoms with Gasteiger partial charge in [0.1, 0.15) is 5.82 Å². The lowest BCUT2D eigenvalue weighted by atomic mass is 10.2. The van der Waals surface area contributed by atoms with Crippen LogP contribution in [-0.4, -0.2) is 24.0 Å². The molecule has 0 bridgehead atoms. The van der Waals surface area contributed by atoms with E-state index in [9.17, 15) is 4.79 Å². The summed E-state index contributed by atoms with van der Waals surface area (Å²) in [6, 6.07) is 12.8. The Balaban J connectivity index is 1.67. The minimum absolute atomic E-state index is 0.0528. The molecule has 0 aliphatic carbocycles. The number of nitrogens with zero attached hydrogens (tertiary/aromatic N) is 1. The molecule has 0 saturated carbocycles. The largest absolute Gasteiger partial charge is 0.396 e. The number of amides is 1. The molecule has 0 fully saturated rings. The Morgan fingerprint density at radius 2 is 1.90 bits per heavy atom. The van der Waals surface area contributed by atoms with Gasteiger partial charge in [-0.3, -0.25) is 4.79 Å². The molecule has 1 heterocycles. The average Bonchev–Trinajstić information content (AvgIpc) is 2.49. The minimum Gasteiger partial charge on any atom is -0.396 e. The Bertz CT molecular complexity index is 557. The van der Waals surface area contributed by atoms with E-state index >= 15 is 0 Å². The summed E-state index contributed by atoms with van der Waals surface area (Å²) in [5, 5.41) is 6.01. The van der Waals surface area contributed by atoms with Gasteiger partial charge in [0.25, 0.3) is 5.91 Å². The second-order valence-electron chi connectivity index (χ2n) is 4.34. The monoisotopic (exact) mass is 270 g/mol. The van der Waals surface area contributed by atoms with Crippen molar-refractivity contribution < 1.29 is 4.79 Å². The van der Waals surface area contributed by atoms with Crippen LogP contribution in [0.15, 0.2) is 48.7 Å². The van der Waals surface area contributed by atoms with Gasteiger partial charge >= 0.3 is 0 Å². The smallest absolute Gasteiger partial charge is 0.251 e. The summed E-state index contributed by atoms with van der Waals surface area (Å²) in [6.07, 6.45) is 2.49. The molecule has 0 spiro atoms. The molecule has 5 nitrogen and oxygen atoms in total. The number of nitrogens with two attached hydrogens (primary N) is 1. The van der Waals surface area contributed by atoms with Crippen LogP contribution in [0.1, 0.15) is 16.8 Å². The topological polar surface area (TPSA) is 80.0 Å². The molecule has 104 valence electrons. The highest BCUT2D eigenvalue weighted by Gasteiger charge is 2.03. The first-order chi connectivity index (χ1) is 9.77. The van der Waals surface area contributed by atoms with Gasteiger partial charge in [0.15, 0.2) is 0 Å². The Hall–Kier alpha value is -2.56. The zero-order valence-electron chi connectivity index (χ0n) is 11.2. The highest BCUT2D eigenvalue weighted by Crippen LogP contribution is 2.12. The second kappa shape index (κ2) is 7.13. The lowest BCUT2D eigenvalue weighted by Crippen LogP contribution is -2.25. The van der Waals surface area contributed by atoms with Crippen molar-refractivity contribution in [2.75, 3.05) is 24.1 Å². The van der Waals surface area contributed by atoms with Crippen LogP contribution in [0.3, 0.4) is 0 Å². The Morgan fingerprint density at radius 1 is 1.10 bits per heavy atom. The number of hydrogen-bond donors (Lipinski definition) is 3. The van der Waals surface area contributed by atoms with Gasteiger partial charge in [-0.15, -0.1) is 0 Å². The number of benzene rings is 1.